The number of rotatable bonds is 8. The molecule has 0 nitrogen and oxygen atoms in total. The Morgan fingerprint density at radius 1 is 0.271 bits per heavy atom. The predicted octanol–water partition coefficient (Wildman–Crippen LogP) is 21.4. The van der Waals surface area contributed by atoms with Gasteiger partial charge in [0, 0.05) is 10.8 Å². The SMILES string of the molecule is CC.CC.CC.CC.CC(C)C1(C(C)C)CCCc2ccccc21.CC(C)C1(C(C)C)CCc2ccccc21.CC(C)C1(C(C)C)CCc2ccccc2C1.CC(C)C1(C(C)C)Cc2ccccc2C1. The van der Waals surface area contributed by atoms with E-state index in [0.717, 1.165) is 47.3 Å². The highest BCUT2D eigenvalue weighted by molar-refractivity contribution is 5.41. The van der Waals surface area contributed by atoms with Gasteiger partial charge in [0.15, 0.2) is 0 Å². The summed E-state index contributed by atoms with van der Waals surface area (Å²) in [6.45, 7) is 54.2. The summed E-state index contributed by atoms with van der Waals surface area (Å²) in [6, 6.07) is 36.1. The van der Waals surface area contributed by atoms with Crippen molar-refractivity contribution in [3.63, 3.8) is 0 Å². The third kappa shape index (κ3) is 14.6. The Bertz CT molecular complexity index is 1930. The van der Waals surface area contributed by atoms with Crippen LogP contribution in [0.15, 0.2) is 97.1 Å². The second-order valence-electron chi connectivity index (χ2n) is 23.0. The average Bonchev–Trinajstić information content (AvgIpc) is 3.98. The van der Waals surface area contributed by atoms with Crippen molar-refractivity contribution in [3.05, 3.63) is 142 Å². The van der Waals surface area contributed by atoms with Crippen molar-refractivity contribution in [2.24, 2.45) is 58.2 Å². The Labute approximate surface area is 438 Å². The fourth-order valence-corrected chi connectivity index (χ4v) is 13.9. The third-order valence-electron chi connectivity index (χ3n) is 18.3. The van der Waals surface area contributed by atoms with Gasteiger partial charge in [-0.25, -0.2) is 0 Å². The molecule has 0 atom stereocenters. The number of hydrogen-bond donors (Lipinski definition) is 0. The molecule has 4 aliphatic carbocycles. The first-order valence-corrected chi connectivity index (χ1v) is 29.6. The Morgan fingerprint density at radius 2 is 0.543 bits per heavy atom. The predicted molar refractivity (Wildman–Crippen MR) is 319 cm³/mol. The highest BCUT2D eigenvalue weighted by atomic mass is 14.5. The molecule has 4 aliphatic rings. The lowest BCUT2D eigenvalue weighted by Gasteiger charge is -2.46. The molecular formula is C70H116. The van der Waals surface area contributed by atoms with Crippen molar-refractivity contribution in [2.75, 3.05) is 0 Å². The molecule has 0 spiro atoms. The lowest BCUT2D eigenvalue weighted by Crippen LogP contribution is -2.41. The molecule has 0 aliphatic heterocycles. The van der Waals surface area contributed by atoms with Crippen LogP contribution in [0.1, 0.15) is 236 Å². The number of aryl methyl sites for hydroxylation is 3. The fraction of sp³-hybridized carbons (Fsp3) is 0.657. The Kier molecular flexibility index (Phi) is 28.6. The van der Waals surface area contributed by atoms with Gasteiger partial charge in [-0.1, -0.05) is 263 Å². The van der Waals surface area contributed by atoms with Gasteiger partial charge in [-0.3, -0.25) is 0 Å². The minimum Gasteiger partial charge on any atom is -0.0683 e. The van der Waals surface area contributed by atoms with E-state index >= 15 is 0 Å². The van der Waals surface area contributed by atoms with E-state index in [4.69, 9.17) is 0 Å². The second kappa shape index (κ2) is 30.8. The molecule has 0 aromatic heterocycles. The van der Waals surface area contributed by atoms with Crippen LogP contribution in [0, 0.1) is 58.2 Å². The monoisotopic (exact) mass is 957 g/mol. The highest BCUT2D eigenvalue weighted by Gasteiger charge is 2.45. The van der Waals surface area contributed by atoms with Crippen LogP contribution in [0.4, 0.5) is 0 Å². The van der Waals surface area contributed by atoms with Crippen molar-refractivity contribution < 1.29 is 0 Å². The molecule has 0 heteroatoms. The van der Waals surface area contributed by atoms with Crippen molar-refractivity contribution in [2.45, 2.75) is 241 Å². The van der Waals surface area contributed by atoms with E-state index in [0.29, 0.717) is 21.7 Å². The molecule has 0 unspecified atom stereocenters. The van der Waals surface area contributed by atoms with Gasteiger partial charge in [-0.15, -0.1) is 0 Å². The standard InChI is InChI=1S/2C16H24.2C15H22.4C2H6/c1-12(2)16(13(3)4)11-7-9-14-8-5-6-10-15(14)16;1-12(2)16(13(3)4)10-9-14-7-5-6-8-15(14)11-16;1-11(2)15(12(3)4)9-13-7-5-6-8-14(13)10-15;1-11(2)15(12(3)4)10-9-13-7-5-6-8-14(13)15;4*1-2/h5-6,8,10,12-13H,7,9,11H2,1-4H3;5-8,12-13H,9-11H2,1-4H3;2*5-8,11-12H,9-10H2,1-4H3;4*1-2H3. The van der Waals surface area contributed by atoms with E-state index in [1.807, 2.05) is 55.4 Å². The molecule has 0 N–H and O–H groups in total. The normalized spacial score (nSPS) is 16.9. The Balaban J connectivity index is 0.000000445. The molecule has 70 heavy (non-hydrogen) atoms. The second-order valence-corrected chi connectivity index (χ2v) is 23.0. The maximum Gasteiger partial charge on any atom is 0.000483 e. The van der Waals surface area contributed by atoms with Gasteiger partial charge in [0.1, 0.15) is 0 Å². The van der Waals surface area contributed by atoms with Crippen molar-refractivity contribution in [3.8, 4) is 0 Å². The van der Waals surface area contributed by atoms with Gasteiger partial charge in [-0.05, 0) is 167 Å². The largest absolute Gasteiger partial charge is 0.0683 e. The fourth-order valence-electron chi connectivity index (χ4n) is 13.9. The minimum atomic E-state index is 0.412. The Hall–Kier alpha value is -3.12. The first-order chi connectivity index (χ1) is 33.3. The maximum atomic E-state index is 2.40. The Morgan fingerprint density at radius 3 is 0.900 bits per heavy atom. The summed E-state index contributed by atoms with van der Waals surface area (Å²) < 4.78 is 0. The van der Waals surface area contributed by atoms with E-state index in [1.54, 1.807) is 44.5 Å². The molecular weight excluding hydrogens is 841 g/mol. The van der Waals surface area contributed by atoms with Crippen molar-refractivity contribution in [1.82, 2.24) is 0 Å². The summed E-state index contributed by atoms with van der Waals surface area (Å²) in [5.74, 6) is 6.03. The minimum absolute atomic E-state index is 0.412. The van der Waals surface area contributed by atoms with Crippen LogP contribution in [0.25, 0.3) is 0 Å². The lowest BCUT2D eigenvalue weighted by atomic mass is 9.58. The zero-order valence-corrected chi connectivity index (χ0v) is 50.9. The summed E-state index contributed by atoms with van der Waals surface area (Å²) >= 11 is 0. The van der Waals surface area contributed by atoms with Crippen LogP contribution in [-0.4, -0.2) is 0 Å². The molecule has 0 radical (unpaired) electrons. The number of fused-ring (bicyclic) bond motifs is 4. The summed E-state index contributed by atoms with van der Waals surface area (Å²) in [7, 11) is 0. The average molecular weight is 958 g/mol. The van der Waals surface area contributed by atoms with Gasteiger partial charge in [0.25, 0.3) is 0 Å². The molecule has 4 aromatic rings. The summed E-state index contributed by atoms with van der Waals surface area (Å²) in [5.41, 5.74) is 14.6. The summed E-state index contributed by atoms with van der Waals surface area (Å²) in [4.78, 5) is 0. The van der Waals surface area contributed by atoms with E-state index < -0.39 is 0 Å². The van der Waals surface area contributed by atoms with E-state index in [1.165, 1.54) is 64.2 Å². The molecule has 8 rings (SSSR count). The van der Waals surface area contributed by atoms with Gasteiger partial charge in [0.2, 0.25) is 0 Å². The first kappa shape index (κ1) is 64.9. The van der Waals surface area contributed by atoms with Crippen LogP contribution >= 0.6 is 0 Å². The maximum absolute atomic E-state index is 2.40. The molecule has 0 bridgehead atoms. The highest BCUT2D eigenvalue weighted by Crippen LogP contribution is 2.51. The van der Waals surface area contributed by atoms with Crippen LogP contribution in [-0.2, 0) is 49.4 Å². The molecule has 0 heterocycles. The molecule has 0 fully saturated rings. The molecule has 0 saturated carbocycles. The van der Waals surface area contributed by atoms with Crippen LogP contribution in [0.3, 0.4) is 0 Å². The molecule has 4 aromatic carbocycles. The zero-order chi connectivity index (χ0) is 53.6. The lowest BCUT2D eigenvalue weighted by molar-refractivity contribution is 0.0902. The van der Waals surface area contributed by atoms with Gasteiger partial charge < -0.3 is 0 Å². The van der Waals surface area contributed by atoms with Crippen molar-refractivity contribution in [1.29, 1.82) is 0 Å². The molecule has 0 saturated heterocycles. The van der Waals surface area contributed by atoms with E-state index in [2.05, 4.69) is 208 Å². The van der Waals surface area contributed by atoms with Gasteiger partial charge in [-0.2, -0.15) is 0 Å². The van der Waals surface area contributed by atoms with Crippen LogP contribution in [0.2, 0.25) is 0 Å². The summed E-state index contributed by atoms with van der Waals surface area (Å²) in [5, 5.41) is 0. The molecule has 0 amide bonds. The quantitative estimate of drug-likeness (QED) is 0.165. The first-order valence-electron chi connectivity index (χ1n) is 29.6. The van der Waals surface area contributed by atoms with E-state index in [-0.39, 0.29) is 0 Å². The van der Waals surface area contributed by atoms with Crippen LogP contribution < -0.4 is 0 Å². The zero-order valence-electron chi connectivity index (χ0n) is 50.9. The number of benzene rings is 4. The smallest absolute Gasteiger partial charge is 0.000483 e. The number of hydrogen-bond acceptors (Lipinski definition) is 0. The summed E-state index contributed by atoms with van der Waals surface area (Å²) in [6.07, 6.45) is 13.1. The van der Waals surface area contributed by atoms with Gasteiger partial charge in [0.05, 0.1) is 0 Å². The van der Waals surface area contributed by atoms with Crippen molar-refractivity contribution >= 4 is 0 Å². The third-order valence-corrected chi connectivity index (χ3v) is 18.3. The topological polar surface area (TPSA) is 0 Å². The van der Waals surface area contributed by atoms with E-state index in [9.17, 15) is 0 Å². The molecule has 396 valence electrons. The van der Waals surface area contributed by atoms with Crippen LogP contribution in [0.5, 0.6) is 0 Å². The van der Waals surface area contributed by atoms with Gasteiger partial charge >= 0.3 is 0 Å².